The van der Waals surface area contributed by atoms with Gasteiger partial charge in [0.05, 0.1) is 13.1 Å². The van der Waals surface area contributed by atoms with Crippen LogP contribution < -0.4 is 10.6 Å². The second-order valence-electron chi connectivity index (χ2n) is 6.93. The minimum absolute atomic E-state index is 0.0108. The van der Waals surface area contributed by atoms with Crippen LogP contribution in [0.25, 0.3) is 0 Å². The zero-order chi connectivity index (χ0) is 18.7. The van der Waals surface area contributed by atoms with E-state index in [-0.39, 0.29) is 18.4 Å². The molecule has 1 aromatic carbocycles. The maximum absolute atomic E-state index is 12.2. The number of benzene rings is 1. The summed E-state index contributed by atoms with van der Waals surface area (Å²) in [6.45, 7) is 7.99. The van der Waals surface area contributed by atoms with Gasteiger partial charge in [-0.3, -0.25) is 14.5 Å². The molecule has 3 rings (SSSR count). The number of anilines is 1. The zero-order valence-electron chi connectivity index (χ0n) is 15.5. The summed E-state index contributed by atoms with van der Waals surface area (Å²) in [5.74, 6) is -0.316. The van der Waals surface area contributed by atoms with Gasteiger partial charge in [-0.25, -0.2) is 0 Å². The Labute approximate surface area is 158 Å². The Kier molecular flexibility index (Phi) is 5.74. The number of carbonyl (C=O) groups is 2. The van der Waals surface area contributed by atoms with Crippen LogP contribution in [-0.2, 0) is 22.6 Å². The molecular weight excluding hydrogens is 346 g/mol. The molecular formula is C20H25N3O2S. The van der Waals surface area contributed by atoms with E-state index < -0.39 is 0 Å². The summed E-state index contributed by atoms with van der Waals surface area (Å²) < 4.78 is 0. The number of amides is 2. The van der Waals surface area contributed by atoms with Gasteiger partial charge in [0.25, 0.3) is 0 Å². The molecule has 1 aliphatic rings. The lowest BCUT2D eigenvalue weighted by atomic mass is 10.1. The Hall–Kier alpha value is -2.18. The molecule has 0 fully saturated rings. The van der Waals surface area contributed by atoms with Crippen molar-refractivity contribution in [2.24, 2.45) is 0 Å². The fraction of sp³-hybridized carbons (Fsp3) is 0.400. The van der Waals surface area contributed by atoms with Gasteiger partial charge in [0.15, 0.2) is 0 Å². The van der Waals surface area contributed by atoms with Crippen molar-refractivity contribution in [2.45, 2.75) is 33.7 Å². The number of nitrogens with zero attached hydrogens (tertiary/aromatic N) is 1. The molecule has 26 heavy (non-hydrogen) atoms. The van der Waals surface area contributed by atoms with E-state index in [1.807, 2.05) is 32.9 Å². The van der Waals surface area contributed by atoms with Crippen LogP contribution in [0.5, 0.6) is 0 Å². The van der Waals surface area contributed by atoms with E-state index in [9.17, 15) is 9.59 Å². The van der Waals surface area contributed by atoms with Crippen LogP contribution in [0.1, 0.15) is 27.1 Å². The summed E-state index contributed by atoms with van der Waals surface area (Å²) in [6.07, 6.45) is 0.993. The SMILES string of the molecule is Cc1cc(C)c(NC(=O)CNC(=O)CN2CCc3sccc3C2)c(C)c1. The number of carbonyl (C=O) groups excluding carboxylic acids is 2. The van der Waals surface area contributed by atoms with Crippen LogP contribution in [0.15, 0.2) is 23.6 Å². The highest BCUT2D eigenvalue weighted by atomic mass is 32.1. The lowest BCUT2D eigenvalue weighted by Crippen LogP contribution is -2.42. The third-order valence-electron chi connectivity index (χ3n) is 4.64. The Morgan fingerprint density at radius 3 is 2.62 bits per heavy atom. The van der Waals surface area contributed by atoms with Gasteiger partial charge in [0, 0.05) is 23.7 Å². The lowest BCUT2D eigenvalue weighted by Gasteiger charge is -2.26. The molecule has 138 valence electrons. The molecule has 2 N–H and O–H groups in total. The Morgan fingerprint density at radius 1 is 1.15 bits per heavy atom. The fourth-order valence-corrected chi connectivity index (χ4v) is 4.33. The van der Waals surface area contributed by atoms with Crippen molar-refractivity contribution in [3.05, 3.63) is 50.7 Å². The number of fused-ring (bicyclic) bond motifs is 1. The standard InChI is InChI=1S/C20H25N3O2S/c1-13-8-14(2)20(15(3)9-13)22-18(24)10-21-19(25)12-23-6-4-17-16(11-23)5-7-26-17/h5,7-9H,4,6,10-12H2,1-3H3,(H,21,25)(H,22,24). The number of hydrogen-bond donors (Lipinski definition) is 2. The van der Waals surface area contributed by atoms with Crippen molar-refractivity contribution in [1.82, 2.24) is 10.2 Å². The highest BCUT2D eigenvalue weighted by molar-refractivity contribution is 7.10. The molecule has 1 aromatic heterocycles. The number of thiophene rings is 1. The number of hydrogen-bond acceptors (Lipinski definition) is 4. The van der Waals surface area contributed by atoms with Crippen molar-refractivity contribution in [2.75, 3.05) is 25.0 Å². The average molecular weight is 372 g/mol. The van der Waals surface area contributed by atoms with Gasteiger partial charge in [-0.1, -0.05) is 17.7 Å². The van der Waals surface area contributed by atoms with Gasteiger partial charge >= 0.3 is 0 Å². The summed E-state index contributed by atoms with van der Waals surface area (Å²) >= 11 is 1.78. The van der Waals surface area contributed by atoms with Crippen LogP contribution in [-0.4, -0.2) is 36.3 Å². The van der Waals surface area contributed by atoms with Crippen LogP contribution >= 0.6 is 11.3 Å². The van der Waals surface area contributed by atoms with E-state index in [1.165, 1.54) is 16.0 Å². The minimum Gasteiger partial charge on any atom is -0.346 e. The first-order valence-electron chi connectivity index (χ1n) is 8.84. The Morgan fingerprint density at radius 2 is 1.88 bits per heavy atom. The number of nitrogens with one attached hydrogen (secondary N) is 2. The van der Waals surface area contributed by atoms with Gasteiger partial charge in [-0.2, -0.15) is 0 Å². The number of aryl methyl sites for hydroxylation is 3. The van der Waals surface area contributed by atoms with Gasteiger partial charge in [0.1, 0.15) is 0 Å². The van der Waals surface area contributed by atoms with Crippen LogP contribution in [0.4, 0.5) is 5.69 Å². The summed E-state index contributed by atoms with van der Waals surface area (Å²) in [5, 5.41) is 7.74. The first kappa shape index (κ1) is 18.6. The van der Waals surface area contributed by atoms with Crippen molar-refractivity contribution in [3.8, 4) is 0 Å². The van der Waals surface area contributed by atoms with Crippen molar-refractivity contribution >= 4 is 28.8 Å². The molecule has 0 spiro atoms. The average Bonchev–Trinajstić information content (AvgIpc) is 3.04. The third kappa shape index (κ3) is 4.51. The molecule has 0 saturated heterocycles. The lowest BCUT2D eigenvalue weighted by molar-refractivity contribution is -0.125. The van der Waals surface area contributed by atoms with E-state index in [4.69, 9.17) is 0 Å². The van der Waals surface area contributed by atoms with Gasteiger partial charge in [-0.05, 0) is 55.3 Å². The first-order chi connectivity index (χ1) is 12.4. The molecule has 0 bridgehead atoms. The maximum Gasteiger partial charge on any atom is 0.243 e. The molecule has 0 radical (unpaired) electrons. The van der Waals surface area contributed by atoms with Crippen molar-refractivity contribution in [3.63, 3.8) is 0 Å². The highest BCUT2D eigenvalue weighted by Gasteiger charge is 2.19. The topological polar surface area (TPSA) is 61.4 Å². The summed E-state index contributed by atoms with van der Waals surface area (Å²) in [5.41, 5.74) is 5.37. The quantitative estimate of drug-likeness (QED) is 0.850. The smallest absolute Gasteiger partial charge is 0.243 e. The predicted octanol–water partition coefficient (Wildman–Crippen LogP) is 2.79. The molecule has 0 unspecified atom stereocenters. The highest BCUT2D eigenvalue weighted by Crippen LogP contribution is 2.24. The van der Waals surface area contributed by atoms with E-state index in [0.717, 1.165) is 36.3 Å². The zero-order valence-corrected chi connectivity index (χ0v) is 16.3. The molecule has 0 saturated carbocycles. The predicted molar refractivity (Wildman–Crippen MR) is 106 cm³/mol. The van der Waals surface area contributed by atoms with Gasteiger partial charge in [0.2, 0.25) is 11.8 Å². The molecule has 2 aromatic rings. The molecule has 2 heterocycles. The van der Waals surface area contributed by atoms with Gasteiger partial charge in [-0.15, -0.1) is 11.3 Å². The monoisotopic (exact) mass is 371 g/mol. The van der Waals surface area contributed by atoms with E-state index in [1.54, 1.807) is 11.3 Å². The Balaban J connectivity index is 1.47. The molecule has 0 aliphatic carbocycles. The molecule has 6 heteroatoms. The second-order valence-corrected chi connectivity index (χ2v) is 7.93. The van der Waals surface area contributed by atoms with E-state index in [0.29, 0.717) is 6.54 Å². The molecule has 0 atom stereocenters. The van der Waals surface area contributed by atoms with E-state index in [2.05, 4.69) is 27.0 Å². The van der Waals surface area contributed by atoms with Crippen LogP contribution in [0.2, 0.25) is 0 Å². The van der Waals surface area contributed by atoms with Crippen molar-refractivity contribution < 1.29 is 9.59 Å². The second kappa shape index (κ2) is 8.01. The first-order valence-corrected chi connectivity index (χ1v) is 9.72. The summed E-state index contributed by atoms with van der Waals surface area (Å²) in [6, 6.07) is 6.20. The normalized spacial score (nSPS) is 14.0. The number of rotatable bonds is 5. The summed E-state index contributed by atoms with van der Waals surface area (Å²) in [4.78, 5) is 27.9. The Bertz CT molecular complexity index is 805. The van der Waals surface area contributed by atoms with E-state index >= 15 is 0 Å². The third-order valence-corrected chi connectivity index (χ3v) is 5.66. The minimum atomic E-state index is -0.202. The molecule has 5 nitrogen and oxygen atoms in total. The van der Waals surface area contributed by atoms with Crippen molar-refractivity contribution in [1.29, 1.82) is 0 Å². The molecule has 1 aliphatic heterocycles. The molecule has 2 amide bonds. The maximum atomic E-state index is 12.2. The summed E-state index contributed by atoms with van der Waals surface area (Å²) in [7, 11) is 0. The van der Waals surface area contributed by atoms with Crippen LogP contribution in [0, 0.1) is 20.8 Å². The van der Waals surface area contributed by atoms with Gasteiger partial charge < -0.3 is 10.6 Å². The fourth-order valence-electron chi connectivity index (χ4n) is 3.44. The van der Waals surface area contributed by atoms with Crippen LogP contribution in [0.3, 0.4) is 0 Å². The largest absolute Gasteiger partial charge is 0.346 e.